The van der Waals surface area contributed by atoms with Crippen LogP contribution in [0.25, 0.3) is 0 Å². The van der Waals surface area contributed by atoms with Gasteiger partial charge in [0.2, 0.25) is 0 Å². The highest BCUT2D eigenvalue weighted by Crippen LogP contribution is 2.35. The van der Waals surface area contributed by atoms with Crippen LogP contribution in [-0.2, 0) is 0 Å². The molecule has 1 saturated carbocycles. The van der Waals surface area contributed by atoms with E-state index < -0.39 is 0 Å². The minimum Gasteiger partial charge on any atom is -0.316 e. The van der Waals surface area contributed by atoms with Gasteiger partial charge in [0, 0.05) is 6.04 Å². The topological polar surface area (TPSA) is 15.3 Å². The van der Waals surface area contributed by atoms with Crippen molar-refractivity contribution in [3.05, 3.63) is 0 Å². The van der Waals surface area contributed by atoms with Gasteiger partial charge in [0.1, 0.15) is 0 Å². The molecule has 2 heteroatoms. The van der Waals surface area contributed by atoms with Crippen LogP contribution < -0.4 is 5.32 Å². The van der Waals surface area contributed by atoms with E-state index in [9.17, 15) is 0 Å². The summed E-state index contributed by atoms with van der Waals surface area (Å²) in [6.07, 6.45) is 2.89. The second kappa shape index (κ2) is 2.76. The molecule has 0 amide bonds. The molecule has 0 aromatic heterocycles. The molecule has 2 unspecified atom stereocenters. The molecule has 1 aliphatic heterocycles. The van der Waals surface area contributed by atoms with Crippen LogP contribution in [-0.4, -0.2) is 38.1 Å². The zero-order chi connectivity index (χ0) is 7.84. The fourth-order valence-corrected chi connectivity index (χ4v) is 2.90. The van der Waals surface area contributed by atoms with Crippen molar-refractivity contribution < 1.29 is 0 Å². The smallest absolute Gasteiger partial charge is 0.0170 e. The Morgan fingerprint density at radius 2 is 1.64 bits per heavy atom. The van der Waals surface area contributed by atoms with Gasteiger partial charge in [0.25, 0.3) is 0 Å². The molecule has 2 aliphatic rings. The predicted molar refractivity (Wildman–Crippen MR) is 46.6 cm³/mol. The molecule has 1 heterocycles. The molecule has 1 aliphatic carbocycles. The van der Waals surface area contributed by atoms with Crippen LogP contribution in [0.3, 0.4) is 0 Å². The summed E-state index contributed by atoms with van der Waals surface area (Å²) in [7, 11) is 4.45. The van der Waals surface area contributed by atoms with Gasteiger partial charge in [-0.2, -0.15) is 0 Å². The highest BCUT2D eigenvalue weighted by atomic mass is 15.1. The van der Waals surface area contributed by atoms with E-state index in [-0.39, 0.29) is 0 Å². The number of hydrogen-bond donors (Lipinski definition) is 1. The molecule has 0 aromatic rings. The first-order valence-electron chi connectivity index (χ1n) is 4.66. The third-order valence-corrected chi connectivity index (χ3v) is 3.28. The molecule has 0 radical (unpaired) electrons. The Morgan fingerprint density at radius 1 is 1.09 bits per heavy atom. The Kier molecular flexibility index (Phi) is 1.90. The van der Waals surface area contributed by atoms with Crippen molar-refractivity contribution >= 4 is 0 Å². The molecular weight excluding hydrogens is 136 g/mol. The Hall–Kier alpha value is -0.0800. The first-order valence-corrected chi connectivity index (χ1v) is 4.66. The number of nitrogens with one attached hydrogen (secondary N) is 1. The molecule has 2 rings (SSSR count). The number of hydrogen-bond acceptors (Lipinski definition) is 2. The van der Waals surface area contributed by atoms with Crippen LogP contribution in [0.15, 0.2) is 0 Å². The Balaban J connectivity index is 2.09. The number of nitrogens with zero attached hydrogens (tertiary/aromatic N) is 1. The number of fused-ring (bicyclic) bond motifs is 2. The van der Waals surface area contributed by atoms with Gasteiger partial charge in [-0.15, -0.1) is 0 Å². The van der Waals surface area contributed by atoms with Gasteiger partial charge in [-0.1, -0.05) is 0 Å². The molecule has 1 saturated heterocycles. The maximum Gasteiger partial charge on any atom is 0.0170 e. The summed E-state index contributed by atoms with van der Waals surface area (Å²) in [5.41, 5.74) is 0. The zero-order valence-electron chi connectivity index (χ0n) is 7.51. The van der Waals surface area contributed by atoms with Crippen molar-refractivity contribution in [2.24, 2.45) is 11.8 Å². The van der Waals surface area contributed by atoms with Gasteiger partial charge in [0.15, 0.2) is 0 Å². The number of piperidine rings is 1. The fraction of sp³-hybridized carbons (Fsp3) is 1.00. The number of rotatable bonds is 1. The van der Waals surface area contributed by atoms with E-state index in [0.29, 0.717) is 0 Å². The van der Waals surface area contributed by atoms with Gasteiger partial charge in [-0.25, -0.2) is 0 Å². The predicted octanol–water partition coefficient (Wildman–Crippen LogP) is 0.546. The second-order valence-electron chi connectivity index (χ2n) is 4.21. The molecule has 64 valence electrons. The Labute approximate surface area is 69.0 Å². The summed E-state index contributed by atoms with van der Waals surface area (Å²) in [5, 5.41) is 3.50. The van der Waals surface area contributed by atoms with Gasteiger partial charge in [-0.3, -0.25) is 0 Å². The third kappa shape index (κ3) is 1.18. The first-order chi connectivity index (χ1) is 5.29. The molecular formula is C9H18N2. The highest BCUT2D eigenvalue weighted by Gasteiger charge is 2.39. The van der Waals surface area contributed by atoms with Crippen molar-refractivity contribution in [2.75, 3.05) is 27.2 Å². The summed E-state index contributed by atoms with van der Waals surface area (Å²) >= 11 is 0. The minimum absolute atomic E-state index is 0.872. The van der Waals surface area contributed by atoms with Gasteiger partial charge >= 0.3 is 0 Å². The van der Waals surface area contributed by atoms with Crippen LogP contribution >= 0.6 is 0 Å². The van der Waals surface area contributed by atoms with Crippen molar-refractivity contribution in [3.8, 4) is 0 Å². The molecule has 11 heavy (non-hydrogen) atoms. The van der Waals surface area contributed by atoms with E-state index in [4.69, 9.17) is 0 Å². The fourth-order valence-electron chi connectivity index (χ4n) is 2.90. The van der Waals surface area contributed by atoms with Crippen molar-refractivity contribution in [2.45, 2.75) is 18.9 Å². The van der Waals surface area contributed by atoms with Gasteiger partial charge in [-0.05, 0) is 51.9 Å². The molecule has 2 atom stereocenters. The quantitative estimate of drug-likeness (QED) is 0.593. The lowest BCUT2D eigenvalue weighted by molar-refractivity contribution is 0.158. The summed E-state index contributed by atoms with van der Waals surface area (Å²) in [5.74, 6) is 1.87. The van der Waals surface area contributed by atoms with Gasteiger partial charge < -0.3 is 10.2 Å². The highest BCUT2D eigenvalue weighted by molar-refractivity contribution is 4.95. The van der Waals surface area contributed by atoms with Crippen LogP contribution in [0.4, 0.5) is 0 Å². The molecule has 0 spiro atoms. The van der Waals surface area contributed by atoms with E-state index in [0.717, 1.165) is 17.9 Å². The SMILES string of the molecule is CN(C)C1C2CCC1CNC2. The van der Waals surface area contributed by atoms with Crippen molar-refractivity contribution in [1.29, 1.82) is 0 Å². The van der Waals surface area contributed by atoms with Crippen LogP contribution in [0, 0.1) is 11.8 Å². The molecule has 0 aromatic carbocycles. The minimum atomic E-state index is 0.872. The van der Waals surface area contributed by atoms with E-state index in [1.165, 1.54) is 25.9 Å². The lowest BCUT2D eigenvalue weighted by Crippen LogP contribution is -2.48. The monoisotopic (exact) mass is 154 g/mol. The van der Waals surface area contributed by atoms with Crippen molar-refractivity contribution in [1.82, 2.24) is 10.2 Å². The average Bonchev–Trinajstić information content (AvgIpc) is 2.23. The van der Waals surface area contributed by atoms with E-state index in [1.807, 2.05) is 0 Å². The maximum absolute atomic E-state index is 3.50. The summed E-state index contributed by atoms with van der Waals surface area (Å²) in [4.78, 5) is 2.42. The lowest BCUT2D eigenvalue weighted by Gasteiger charge is -2.35. The summed E-state index contributed by atoms with van der Waals surface area (Å²) in [6.45, 7) is 2.50. The van der Waals surface area contributed by atoms with E-state index in [1.54, 1.807) is 0 Å². The lowest BCUT2D eigenvalue weighted by atomic mass is 9.93. The van der Waals surface area contributed by atoms with Crippen LogP contribution in [0.1, 0.15) is 12.8 Å². The summed E-state index contributed by atoms with van der Waals surface area (Å²) in [6, 6.07) is 0.872. The average molecular weight is 154 g/mol. The maximum atomic E-state index is 3.50. The zero-order valence-corrected chi connectivity index (χ0v) is 7.51. The molecule has 2 fully saturated rings. The molecule has 1 N–H and O–H groups in total. The Bertz CT molecular complexity index is 128. The standard InChI is InChI=1S/C9H18N2/c1-11(2)9-7-3-4-8(9)6-10-5-7/h7-10H,3-6H2,1-2H3. The van der Waals surface area contributed by atoms with Crippen LogP contribution in [0.2, 0.25) is 0 Å². The van der Waals surface area contributed by atoms with Crippen LogP contribution in [0.5, 0.6) is 0 Å². The van der Waals surface area contributed by atoms with Gasteiger partial charge in [0.05, 0.1) is 0 Å². The first kappa shape index (κ1) is 7.56. The molecule has 2 bridgehead atoms. The van der Waals surface area contributed by atoms with Crippen molar-refractivity contribution in [3.63, 3.8) is 0 Å². The summed E-state index contributed by atoms with van der Waals surface area (Å²) < 4.78 is 0. The molecule has 2 nitrogen and oxygen atoms in total. The second-order valence-corrected chi connectivity index (χ2v) is 4.21. The van der Waals surface area contributed by atoms with E-state index in [2.05, 4.69) is 24.3 Å². The largest absolute Gasteiger partial charge is 0.316 e. The Morgan fingerprint density at radius 3 is 2.00 bits per heavy atom. The van der Waals surface area contributed by atoms with E-state index >= 15 is 0 Å². The normalized spacial score (nSPS) is 43.4. The third-order valence-electron chi connectivity index (χ3n) is 3.28.